The van der Waals surface area contributed by atoms with Crippen molar-refractivity contribution >= 4 is 11.8 Å². The molecule has 3 nitrogen and oxygen atoms in total. The molecular weight excluding hydrogens is 275 g/mol. The molecule has 0 spiro atoms. The largest absolute Gasteiger partial charge is 0.359 e. The molecule has 1 N–H and O–H groups in total. The Morgan fingerprint density at radius 2 is 2.35 bits per heavy atom. The molecule has 3 rings (SSSR count). The highest BCUT2D eigenvalue weighted by atomic mass is 32.2. The lowest BCUT2D eigenvalue weighted by Gasteiger charge is -2.21. The van der Waals surface area contributed by atoms with Crippen molar-refractivity contribution in [2.75, 3.05) is 11.5 Å². The Hall–Kier alpha value is -1.33. The van der Waals surface area contributed by atoms with Crippen molar-refractivity contribution in [2.24, 2.45) is 0 Å². The van der Waals surface area contributed by atoms with Crippen LogP contribution in [-0.2, 0) is 6.54 Å². The molecule has 0 amide bonds. The van der Waals surface area contributed by atoms with Gasteiger partial charge in [-0.3, -0.25) is 0 Å². The van der Waals surface area contributed by atoms with E-state index in [4.69, 9.17) is 4.52 Å². The molecule has 0 saturated carbocycles. The van der Waals surface area contributed by atoms with E-state index in [0.29, 0.717) is 18.3 Å². The van der Waals surface area contributed by atoms with Crippen LogP contribution in [0, 0.1) is 5.82 Å². The zero-order valence-electron chi connectivity index (χ0n) is 11.1. The first-order valence-corrected chi connectivity index (χ1v) is 7.99. The lowest BCUT2D eigenvalue weighted by atomic mass is 10.1. The van der Waals surface area contributed by atoms with E-state index in [2.05, 4.69) is 10.5 Å². The minimum absolute atomic E-state index is 0.260. The molecule has 1 aromatic heterocycles. The molecular formula is C15H17FN2OS. The summed E-state index contributed by atoms with van der Waals surface area (Å²) in [5.74, 6) is 2.96. The van der Waals surface area contributed by atoms with Gasteiger partial charge >= 0.3 is 0 Å². The summed E-state index contributed by atoms with van der Waals surface area (Å²) in [6.45, 7) is 0.674. The molecule has 0 radical (unpaired) electrons. The van der Waals surface area contributed by atoms with Crippen LogP contribution in [0.1, 0.15) is 18.6 Å². The maximum absolute atomic E-state index is 13.2. The van der Waals surface area contributed by atoms with E-state index >= 15 is 0 Å². The molecule has 1 aliphatic rings. The lowest BCUT2D eigenvalue weighted by molar-refractivity contribution is 0.363. The average molecular weight is 292 g/mol. The summed E-state index contributed by atoms with van der Waals surface area (Å²) in [5.41, 5.74) is 1.42. The van der Waals surface area contributed by atoms with E-state index in [1.165, 1.54) is 30.7 Å². The van der Waals surface area contributed by atoms with Crippen LogP contribution in [0.15, 0.2) is 34.9 Å². The van der Waals surface area contributed by atoms with Crippen LogP contribution in [0.3, 0.4) is 0 Å². The second-order valence-corrected chi connectivity index (χ2v) is 6.13. The van der Waals surface area contributed by atoms with Crippen LogP contribution in [0.5, 0.6) is 0 Å². The topological polar surface area (TPSA) is 38.1 Å². The minimum atomic E-state index is -0.260. The second kappa shape index (κ2) is 6.41. The predicted molar refractivity (Wildman–Crippen MR) is 79.1 cm³/mol. The molecule has 1 atom stereocenters. The molecule has 1 aromatic carbocycles. The quantitative estimate of drug-likeness (QED) is 0.936. The monoisotopic (exact) mass is 292 g/mol. The van der Waals surface area contributed by atoms with Crippen LogP contribution >= 0.6 is 11.8 Å². The Bertz CT molecular complexity index is 567. The van der Waals surface area contributed by atoms with Crippen LogP contribution in [0.25, 0.3) is 11.3 Å². The molecule has 0 aliphatic carbocycles. The maximum atomic E-state index is 13.2. The highest BCUT2D eigenvalue weighted by molar-refractivity contribution is 7.99. The fourth-order valence-corrected chi connectivity index (χ4v) is 3.43. The van der Waals surface area contributed by atoms with Crippen LogP contribution in [0.2, 0.25) is 0 Å². The third-order valence-electron chi connectivity index (χ3n) is 3.40. The van der Waals surface area contributed by atoms with Gasteiger partial charge in [0, 0.05) is 23.4 Å². The molecule has 0 bridgehead atoms. The molecule has 20 heavy (non-hydrogen) atoms. The minimum Gasteiger partial charge on any atom is -0.359 e. The number of hydrogen-bond acceptors (Lipinski definition) is 4. The molecule has 1 saturated heterocycles. The summed E-state index contributed by atoms with van der Waals surface area (Å²) in [6, 6.07) is 8.82. The number of hydrogen-bond donors (Lipinski definition) is 1. The van der Waals surface area contributed by atoms with Crippen molar-refractivity contribution in [2.45, 2.75) is 25.4 Å². The molecule has 2 aromatic rings. The van der Waals surface area contributed by atoms with Crippen molar-refractivity contribution in [3.8, 4) is 11.3 Å². The standard InChI is InChI=1S/C15H17FN2OS/c16-12-4-1-3-11(7-12)15-8-14(19-18-15)9-17-13-5-2-6-20-10-13/h1,3-4,7-8,13,17H,2,5-6,9-10H2/t13-/m1/s1. The highest BCUT2D eigenvalue weighted by Gasteiger charge is 2.14. The third kappa shape index (κ3) is 3.41. The molecule has 0 unspecified atom stereocenters. The fourth-order valence-electron chi connectivity index (χ4n) is 2.33. The van der Waals surface area contributed by atoms with Gasteiger partial charge in [0.25, 0.3) is 0 Å². The summed E-state index contributed by atoms with van der Waals surface area (Å²) < 4.78 is 18.5. The van der Waals surface area contributed by atoms with Gasteiger partial charge < -0.3 is 9.84 Å². The van der Waals surface area contributed by atoms with E-state index < -0.39 is 0 Å². The van der Waals surface area contributed by atoms with Crippen molar-refractivity contribution in [1.29, 1.82) is 0 Å². The molecule has 5 heteroatoms. The Balaban J connectivity index is 1.61. The lowest BCUT2D eigenvalue weighted by Crippen LogP contribution is -2.33. The smallest absolute Gasteiger partial charge is 0.151 e. The van der Waals surface area contributed by atoms with Gasteiger partial charge in [-0.15, -0.1) is 0 Å². The van der Waals surface area contributed by atoms with Crippen molar-refractivity contribution in [3.05, 3.63) is 41.9 Å². The van der Waals surface area contributed by atoms with E-state index in [0.717, 1.165) is 17.1 Å². The fraction of sp³-hybridized carbons (Fsp3) is 0.400. The summed E-state index contributed by atoms with van der Waals surface area (Å²) in [6.07, 6.45) is 2.49. The van der Waals surface area contributed by atoms with Gasteiger partial charge in [-0.05, 0) is 30.7 Å². The van der Waals surface area contributed by atoms with Gasteiger partial charge in [0.2, 0.25) is 0 Å². The summed E-state index contributed by atoms with van der Waals surface area (Å²) >= 11 is 1.99. The molecule has 1 fully saturated rings. The van der Waals surface area contributed by atoms with Crippen molar-refractivity contribution in [1.82, 2.24) is 10.5 Å². The number of thioether (sulfide) groups is 1. The number of rotatable bonds is 4. The molecule has 1 aliphatic heterocycles. The number of halogens is 1. The Labute approximate surface area is 121 Å². The predicted octanol–water partition coefficient (Wildman–Crippen LogP) is 3.47. The van der Waals surface area contributed by atoms with E-state index in [-0.39, 0.29) is 5.82 Å². The second-order valence-electron chi connectivity index (χ2n) is 4.98. The third-order valence-corrected chi connectivity index (χ3v) is 4.62. The van der Waals surface area contributed by atoms with E-state index in [1.54, 1.807) is 6.07 Å². The van der Waals surface area contributed by atoms with Gasteiger partial charge in [0.05, 0.1) is 6.54 Å². The Morgan fingerprint density at radius 3 is 3.15 bits per heavy atom. The van der Waals surface area contributed by atoms with Gasteiger partial charge in [-0.1, -0.05) is 17.3 Å². The van der Waals surface area contributed by atoms with Crippen LogP contribution < -0.4 is 5.32 Å². The SMILES string of the molecule is Fc1cccc(-c2cc(CN[C@@H]3CCCSC3)on2)c1. The van der Waals surface area contributed by atoms with Gasteiger partial charge in [-0.25, -0.2) is 4.39 Å². The van der Waals surface area contributed by atoms with Crippen molar-refractivity contribution < 1.29 is 8.91 Å². The number of nitrogens with zero attached hydrogens (tertiary/aromatic N) is 1. The number of benzene rings is 1. The van der Waals surface area contributed by atoms with Gasteiger partial charge in [0.15, 0.2) is 5.76 Å². The van der Waals surface area contributed by atoms with Gasteiger partial charge in [-0.2, -0.15) is 11.8 Å². The zero-order chi connectivity index (χ0) is 13.8. The summed E-state index contributed by atoms with van der Waals surface area (Å²) in [4.78, 5) is 0. The van der Waals surface area contributed by atoms with Gasteiger partial charge in [0.1, 0.15) is 11.5 Å². The highest BCUT2D eigenvalue weighted by Crippen LogP contribution is 2.21. The number of aromatic nitrogens is 1. The van der Waals surface area contributed by atoms with E-state index in [1.807, 2.05) is 23.9 Å². The maximum Gasteiger partial charge on any atom is 0.151 e. The van der Waals surface area contributed by atoms with Crippen LogP contribution in [-0.4, -0.2) is 22.7 Å². The molecule has 2 heterocycles. The first-order valence-electron chi connectivity index (χ1n) is 6.84. The zero-order valence-corrected chi connectivity index (χ0v) is 12.0. The first kappa shape index (κ1) is 13.6. The number of nitrogens with one attached hydrogen (secondary N) is 1. The summed E-state index contributed by atoms with van der Waals surface area (Å²) in [7, 11) is 0. The summed E-state index contributed by atoms with van der Waals surface area (Å²) in [5, 5.41) is 7.49. The Kier molecular flexibility index (Phi) is 4.38. The Morgan fingerprint density at radius 1 is 1.40 bits per heavy atom. The first-order chi connectivity index (χ1) is 9.81. The average Bonchev–Trinajstić information content (AvgIpc) is 2.95. The molecule has 106 valence electrons. The van der Waals surface area contributed by atoms with E-state index in [9.17, 15) is 4.39 Å². The van der Waals surface area contributed by atoms with Crippen molar-refractivity contribution in [3.63, 3.8) is 0 Å². The van der Waals surface area contributed by atoms with Crippen LogP contribution in [0.4, 0.5) is 4.39 Å². The normalized spacial score (nSPS) is 19.1.